The van der Waals surface area contributed by atoms with E-state index < -0.39 is 11.8 Å². The Labute approximate surface area is 76.9 Å². The smallest absolute Gasteiger partial charge is 0.249 e. The van der Waals surface area contributed by atoms with Gasteiger partial charge in [-0.1, -0.05) is 6.07 Å². The number of aromatic nitrogens is 1. The molecule has 0 radical (unpaired) electrons. The lowest BCUT2D eigenvalue weighted by Gasteiger charge is -1.97. The molecular formula is C8H6BrF2N. The third-order valence-corrected chi connectivity index (χ3v) is 2.45. The Morgan fingerprint density at radius 2 is 2.17 bits per heavy atom. The van der Waals surface area contributed by atoms with E-state index in [0.29, 0.717) is 10.2 Å². The molecule has 1 aliphatic carbocycles. The molecule has 64 valence electrons. The highest BCUT2D eigenvalue weighted by molar-refractivity contribution is 9.10. The highest BCUT2D eigenvalue weighted by atomic mass is 79.9. The normalized spacial score (nSPS) is 25.4. The van der Waals surface area contributed by atoms with Crippen LogP contribution >= 0.6 is 15.9 Å². The zero-order chi connectivity index (χ0) is 8.77. The molecule has 1 nitrogen and oxygen atoms in total. The van der Waals surface area contributed by atoms with Gasteiger partial charge in [0, 0.05) is 12.6 Å². The van der Waals surface area contributed by atoms with Gasteiger partial charge in [0.1, 0.15) is 4.60 Å². The summed E-state index contributed by atoms with van der Waals surface area (Å²) in [5.74, 6) is -3.09. The summed E-state index contributed by atoms with van der Waals surface area (Å²) in [6, 6.07) is 3.37. The molecule has 12 heavy (non-hydrogen) atoms. The number of hydrogen-bond acceptors (Lipinski definition) is 1. The Morgan fingerprint density at radius 1 is 1.50 bits per heavy atom. The van der Waals surface area contributed by atoms with Crippen LogP contribution in [0.25, 0.3) is 0 Å². The number of nitrogens with zero attached hydrogens (tertiary/aromatic N) is 1. The zero-order valence-corrected chi connectivity index (χ0v) is 7.68. The minimum Gasteiger partial charge on any atom is -0.249 e. The number of pyridine rings is 1. The highest BCUT2D eigenvalue weighted by Gasteiger charge is 2.57. The molecule has 2 rings (SSSR count). The fourth-order valence-electron chi connectivity index (χ4n) is 1.17. The molecule has 1 fully saturated rings. The Morgan fingerprint density at radius 3 is 2.58 bits per heavy atom. The second-order valence-electron chi connectivity index (χ2n) is 2.93. The molecule has 0 aromatic carbocycles. The van der Waals surface area contributed by atoms with E-state index in [1.54, 1.807) is 12.1 Å². The second-order valence-corrected chi connectivity index (χ2v) is 3.74. The van der Waals surface area contributed by atoms with Crippen molar-refractivity contribution in [3.05, 3.63) is 28.5 Å². The molecule has 1 aromatic rings. The molecule has 0 aliphatic heterocycles. The molecular weight excluding hydrogens is 228 g/mol. The predicted octanol–water partition coefficient (Wildman–Crippen LogP) is 2.97. The lowest BCUT2D eigenvalue weighted by atomic mass is 10.2. The van der Waals surface area contributed by atoms with Crippen molar-refractivity contribution in [3.63, 3.8) is 0 Å². The van der Waals surface area contributed by atoms with E-state index in [0.717, 1.165) is 0 Å². The number of alkyl halides is 2. The maximum absolute atomic E-state index is 12.5. The Hall–Kier alpha value is -0.510. The summed E-state index contributed by atoms with van der Waals surface area (Å²) in [5, 5.41) is 0. The second kappa shape index (κ2) is 2.49. The van der Waals surface area contributed by atoms with Crippen molar-refractivity contribution in [3.8, 4) is 0 Å². The van der Waals surface area contributed by atoms with Crippen molar-refractivity contribution in [1.29, 1.82) is 0 Å². The molecule has 0 N–H and O–H groups in total. The van der Waals surface area contributed by atoms with Gasteiger partial charge in [-0.25, -0.2) is 13.8 Å². The fourth-order valence-corrected chi connectivity index (χ4v) is 1.40. The lowest BCUT2D eigenvalue weighted by Crippen LogP contribution is -1.93. The van der Waals surface area contributed by atoms with E-state index in [9.17, 15) is 8.78 Å². The summed E-state index contributed by atoms with van der Waals surface area (Å²) in [4.78, 5) is 3.89. The van der Waals surface area contributed by atoms with Gasteiger partial charge >= 0.3 is 0 Å². The van der Waals surface area contributed by atoms with Gasteiger partial charge in [0.05, 0.1) is 5.92 Å². The van der Waals surface area contributed by atoms with Crippen LogP contribution in [-0.4, -0.2) is 10.9 Å². The minimum absolute atomic E-state index is 0.0314. The van der Waals surface area contributed by atoms with Crippen LogP contribution in [0.4, 0.5) is 8.78 Å². The molecule has 1 atom stereocenters. The first-order valence-electron chi connectivity index (χ1n) is 3.59. The first-order chi connectivity index (χ1) is 5.59. The van der Waals surface area contributed by atoms with Gasteiger partial charge in [0.15, 0.2) is 0 Å². The van der Waals surface area contributed by atoms with Gasteiger partial charge in [-0.2, -0.15) is 0 Å². The van der Waals surface area contributed by atoms with E-state index in [1.807, 2.05) is 0 Å². The summed E-state index contributed by atoms with van der Waals surface area (Å²) in [6.45, 7) is 0. The summed E-state index contributed by atoms with van der Waals surface area (Å²) >= 11 is 3.14. The predicted molar refractivity (Wildman–Crippen MR) is 44.2 cm³/mol. The molecule has 4 heteroatoms. The van der Waals surface area contributed by atoms with Crippen molar-refractivity contribution in [2.24, 2.45) is 0 Å². The maximum atomic E-state index is 12.5. The van der Waals surface area contributed by atoms with E-state index in [4.69, 9.17) is 0 Å². The fraction of sp³-hybridized carbons (Fsp3) is 0.375. The summed E-state index contributed by atoms with van der Waals surface area (Å²) in [6.07, 6.45) is 1.46. The van der Waals surface area contributed by atoms with Crippen LogP contribution in [0.5, 0.6) is 0 Å². The highest BCUT2D eigenvalue weighted by Crippen LogP contribution is 2.55. The molecule has 0 spiro atoms. The maximum Gasteiger partial charge on any atom is 0.255 e. The average Bonchev–Trinajstić information content (AvgIpc) is 2.61. The van der Waals surface area contributed by atoms with Gasteiger partial charge in [0.25, 0.3) is 5.92 Å². The van der Waals surface area contributed by atoms with Crippen molar-refractivity contribution in [2.75, 3.05) is 0 Å². The molecule has 1 unspecified atom stereocenters. The van der Waals surface area contributed by atoms with Crippen LogP contribution in [0.2, 0.25) is 0 Å². The standard InChI is InChI=1S/C8H6BrF2N/c9-7-2-1-5(4-12-7)6-3-8(6,10)11/h1-2,4,6H,3H2. The van der Waals surface area contributed by atoms with Crippen LogP contribution in [0.1, 0.15) is 17.9 Å². The average molecular weight is 234 g/mol. The quantitative estimate of drug-likeness (QED) is 0.680. The van der Waals surface area contributed by atoms with Crippen LogP contribution < -0.4 is 0 Å². The van der Waals surface area contributed by atoms with E-state index in [-0.39, 0.29) is 6.42 Å². The largest absolute Gasteiger partial charge is 0.255 e. The third-order valence-electron chi connectivity index (χ3n) is 1.98. The Balaban J connectivity index is 2.21. The topological polar surface area (TPSA) is 12.9 Å². The van der Waals surface area contributed by atoms with Crippen molar-refractivity contribution >= 4 is 15.9 Å². The molecule has 1 heterocycles. The summed E-state index contributed by atoms with van der Waals surface area (Å²) in [7, 11) is 0. The van der Waals surface area contributed by atoms with E-state index in [1.165, 1.54) is 6.20 Å². The van der Waals surface area contributed by atoms with Gasteiger partial charge in [-0.05, 0) is 27.6 Å². The van der Waals surface area contributed by atoms with Crippen LogP contribution in [0, 0.1) is 0 Å². The molecule has 0 bridgehead atoms. The zero-order valence-electron chi connectivity index (χ0n) is 6.10. The van der Waals surface area contributed by atoms with Crippen molar-refractivity contribution in [1.82, 2.24) is 4.98 Å². The van der Waals surface area contributed by atoms with Gasteiger partial charge in [-0.15, -0.1) is 0 Å². The number of rotatable bonds is 1. The van der Waals surface area contributed by atoms with Crippen LogP contribution in [-0.2, 0) is 0 Å². The minimum atomic E-state index is -2.49. The molecule has 1 saturated carbocycles. The first kappa shape index (κ1) is 8.10. The van der Waals surface area contributed by atoms with Crippen molar-refractivity contribution < 1.29 is 8.78 Å². The van der Waals surface area contributed by atoms with E-state index in [2.05, 4.69) is 20.9 Å². The van der Waals surface area contributed by atoms with Crippen LogP contribution in [0.3, 0.4) is 0 Å². The molecule has 1 aliphatic rings. The Kier molecular flexibility index (Phi) is 1.68. The Bertz CT molecular complexity index is 296. The van der Waals surface area contributed by atoms with Gasteiger partial charge < -0.3 is 0 Å². The first-order valence-corrected chi connectivity index (χ1v) is 4.38. The SMILES string of the molecule is FC1(F)CC1c1ccc(Br)nc1. The van der Waals surface area contributed by atoms with Crippen LogP contribution in [0.15, 0.2) is 22.9 Å². The van der Waals surface area contributed by atoms with Gasteiger partial charge in [0.2, 0.25) is 0 Å². The summed E-state index contributed by atoms with van der Waals surface area (Å²) in [5.41, 5.74) is 0.628. The third kappa shape index (κ3) is 1.35. The molecule has 0 saturated heterocycles. The lowest BCUT2D eigenvalue weighted by molar-refractivity contribution is 0.112. The monoisotopic (exact) mass is 233 g/mol. The van der Waals surface area contributed by atoms with E-state index >= 15 is 0 Å². The number of halogens is 3. The molecule has 1 aromatic heterocycles. The number of hydrogen-bond donors (Lipinski definition) is 0. The molecule has 0 amide bonds. The van der Waals surface area contributed by atoms with Crippen molar-refractivity contribution in [2.45, 2.75) is 18.3 Å². The summed E-state index contributed by atoms with van der Waals surface area (Å²) < 4.78 is 25.8. The van der Waals surface area contributed by atoms with Gasteiger partial charge in [-0.3, -0.25) is 0 Å².